The van der Waals surface area contributed by atoms with Gasteiger partial charge in [0.2, 0.25) is 11.8 Å². The molecule has 0 bridgehead atoms. The number of amides is 2. The number of hydrogen-bond donors (Lipinski definition) is 1. The highest BCUT2D eigenvalue weighted by Crippen LogP contribution is 2.31. The van der Waals surface area contributed by atoms with Crippen molar-refractivity contribution < 1.29 is 18.0 Å². The minimum atomic E-state index is -4.22. The molecule has 3 rings (SSSR count). The second-order valence-electron chi connectivity index (χ2n) is 9.62. The van der Waals surface area contributed by atoms with Gasteiger partial charge in [-0.05, 0) is 69.2 Å². The lowest BCUT2D eigenvalue weighted by Gasteiger charge is -2.33. The van der Waals surface area contributed by atoms with Gasteiger partial charge in [0, 0.05) is 17.6 Å². The molecule has 0 unspecified atom stereocenters. The quantitative estimate of drug-likeness (QED) is 0.265. The zero-order valence-electron chi connectivity index (χ0n) is 22.7. The Hall–Kier alpha value is -2.78. The molecule has 1 N–H and O–H groups in total. The molecule has 0 saturated heterocycles. The molecule has 0 aliphatic carbocycles. The van der Waals surface area contributed by atoms with Crippen molar-refractivity contribution in [1.29, 1.82) is 0 Å². The Morgan fingerprint density at radius 3 is 2.12 bits per heavy atom. The normalized spacial score (nSPS) is 12.2. The van der Waals surface area contributed by atoms with Crippen LogP contribution >= 0.6 is 34.8 Å². The number of hydrogen-bond acceptors (Lipinski definition) is 4. The second-order valence-corrected chi connectivity index (χ2v) is 12.7. The minimum Gasteiger partial charge on any atom is -0.352 e. The predicted molar refractivity (Wildman–Crippen MR) is 162 cm³/mol. The van der Waals surface area contributed by atoms with Crippen LogP contribution < -0.4 is 9.62 Å². The third kappa shape index (κ3) is 7.69. The summed E-state index contributed by atoms with van der Waals surface area (Å²) in [5.41, 5.74) is 1.65. The Kier molecular flexibility index (Phi) is 10.9. The molecule has 214 valence electrons. The average molecular weight is 625 g/mol. The van der Waals surface area contributed by atoms with Crippen molar-refractivity contribution in [2.24, 2.45) is 0 Å². The van der Waals surface area contributed by atoms with Crippen molar-refractivity contribution >= 4 is 62.3 Å². The van der Waals surface area contributed by atoms with Gasteiger partial charge in [0.25, 0.3) is 10.0 Å². The molecule has 40 heavy (non-hydrogen) atoms. The fraction of sp³-hybridized carbons (Fsp3) is 0.310. The third-order valence-electron chi connectivity index (χ3n) is 6.19. The van der Waals surface area contributed by atoms with E-state index in [0.29, 0.717) is 17.0 Å². The molecule has 0 heterocycles. The Morgan fingerprint density at radius 1 is 0.900 bits per heavy atom. The van der Waals surface area contributed by atoms with E-state index in [4.69, 9.17) is 34.8 Å². The molecular formula is C29H32Cl3N3O4S. The lowest BCUT2D eigenvalue weighted by atomic mass is 10.1. The van der Waals surface area contributed by atoms with Crippen LogP contribution in [0.4, 0.5) is 5.69 Å². The van der Waals surface area contributed by atoms with Crippen LogP contribution in [0.2, 0.25) is 15.1 Å². The summed E-state index contributed by atoms with van der Waals surface area (Å²) in [5.74, 6) is -0.937. The van der Waals surface area contributed by atoms with Crippen molar-refractivity contribution in [2.75, 3.05) is 10.8 Å². The van der Waals surface area contributed by atoms with E-state index in [2.05, 4.69) is 5.32 Å². The van der Waals surface area contributed by atoms with E-state index in [1.165, 1.54) is 35.2 Å². The average Bonchev–Trinajstić information content (AvgIpc) is 2.89. The van der Waals surface area contributed by atoms with Gasteiger partial charge in [-0.3, -0.25) is 13.9 Å². The van der Waals surface area contributed by atoms with Crippen molar-refractivity contribution in [3.8, 4) is 0 Å². The molecule has 0 radical (unpaired) electrons. The smallest absolute Gasteiger partial charge is 0.264 e. The highest BCUT2D eigenvalue weighted by molar-refractivity contribution is 7.92. The standard InChI is InChI=1S/C29H32Cl3N3O4S/c1-5-27(29(37)33-19(2)3)34(17-21-8-6-7-9-24(21)30)28(36)18-35(22-12-15-25(31)26(32)16-22)40(38,39)23-13-10-20(4)11-14-23/h6-16,19,27H,5,17-18H2,1-4H3,(H,33,37)/t27-/m1/s1. The summed E-state index contributed by atoms with van der Waals surface area (Å²) in [6.45, 7) is 6.69. The summed E-state index contributed by atoms with van der Waals surface area (Å²) in [5, 5.41) is 3.65. The van der Waals surface area contributed by atoms with Gasteiger partial charge in [-0.15, -0.1) is 0 Å². The molecule has 1 atom stereocenters. The van der Waals surface area contributed by atoms with E-state index in [1.807, 2.05) is 20.8 Å². The van der Waals surface area contributed by atoms with E-state index in [-0.39, 0.29) is 39.1 Å². The van der Waals surface area contributed by atoms with Crippen LogP contribution in [0.1, 0.15) is 38.3 Å². The Labute approximate surface area is 251 Å². The van der Waals surface area contributed by atoms with Gasteiger partial charge in [0.15, 0.2) is 0 Å². The van der Waals surface area contributed by atoms with Gasteiger partial charge in [0.1, 0.15) is 12.6 Å². The number of carbonyl (C=O) groups is 2. The topological polar surface area (TPSA) is 86.8 Å². The number of anilines is 1. The van der Waals surface area contributed by atoms with Crippen LogP contribution in [0.5, 0.6) is 0 Å². The van der Waals surface area contributed by atoms with Crippen molar-refractivity contribution in [1.82, 2.24) is 10.2 Å². The Morgan fingerprint density at radius 2 is 1.55 bits per heavy atom. The zero-order chi connectivity index (χ0) is 29.6. The molecular weight excluding hydrogens is 593 g/mol. The highest BCUT2D eigenvalue weighted by atomic mass is 35.5. The first kappa shape index (κ1) is 31.7. The first-order valence-electron chi connectivity index (χ1n) is 12.7. The SMILES string of the molecule is CC[C@H](C(=O)NC(C)C)N(Cc1ccccc1Cl)C(=O)CN(c1ccc(Cl)c(Cl)c1)S(=O)(=O)c1ccc(C)cc1. The summed E-state index contributed by atoms with van der Waals surface area (Å²) >= 11 is 18.8. The number of carbonyl (C=O) groups excluding carboxylic acids is 2. The minimum absolute atomic E-state index is 0.000723. The van der Waals surface area contributed by atoms with E-state index in [0.717, 1.165) is 9.87 Å². The molecule has 0 fully saturated rings. The number of aryl methyl sites for hydroxylation is 1. The van der Waals surface area contributed by atoms with E-state index in [9.17, 15) is 18.0 Å². The first-order chi connectivity index (χ1) is 18.8. The Balaban J connectivity index is 2.10. The molecule has 0 aliphatic heterocycles. The van der Waals surface area contributed by atoms with Crippen LogP contribution in [0.25, 0.3) is 0 Å². The van der Waals surface area contributed by atoms with E-state index >= 15 is 0 Å². The van der Waals surface area contributed by atoms with Gasteiger partial charge in [-0.2, -0.15) is 0 Å². The maximum atomic E-state index is 14.1. The van der Waals surface area contributed by atoms with Crippen molar-refractivity contribution in [2.45, 2.75) is 57.6 Å². The molecule has 3 aromatic carbocycles. The molecule has 3 aromatic rings. The van der Waals surface area contributed by atoms with Gasteiger partial charge < -0.3 is 10.2 Å². The lowest BCUT2D eigenvalue weighted by molar-refractivity contribution is -0.140. The monoisotopic (exact) mass is 623 g/mol. The fourth-order valence-electron chi connectivity index (χ4n) is 4.12. The van der Waals surface area contributed by atoms with Gasteiger partial charge in [-0.25, -0.2) is 8.42 Å². The number of nitrogens with one attached hydrogen (secondary N) is 1. The van der Waals surface area contributed by atoms with Crippen LogP contribution in [0, 0.1) is 6.92 Å². The lowest BCUT2D eigenvalue weighted by Crippen LogP contribution is -2.53. The van der Waals surface area contributed by atoms with E-state index in [1.54, 1.807) is 43.3 Å². The maximum absolute atomic E-state index is 14.1. The van der Waals surface area contributed by atoms with Gasteiger partial charge >= 0.3 is 0 Å². The first-order valence-corrected chi connectivity index (χ1v) is 15.3. The summed E-state index contributed by atoms with van der Waals surface area (Å²) in [6, 6.07) is 16.6. The summed E-state index contributed by atoms with van der Waals surface area (Å²) in [4.78, 5) is 28.6. The Bertz CT molecular complexity index is 1460. The molecule has 7 nitrogen and oxygen atoms in total. The van der Waals surface area contributed by atoms with Crippen LogP contribution in [0.3, 0.4) is 0 Å². The number of sulfonamides is 1. The van der Waals surface area contributed by atoms with Crippen LogP contribution in [-0.2, 0) is 26.2 Å². The van der Waals surface area contributed by atoms with Crippen molar-refractivity contribution in [3.05, 3.63) is 92.9 Å². The molecule has 2 amide bonds. The number of benzene rings is 3. The number of halogens is 3. The molecule has 11 heteroatoms. The number of nitrogens with zero attached hydrogens (tertiary/aromatic N) is 2. The predicted octanol–water partition coefficient (Wildman–Crippen LogP) is 6.48. The molecule has 0 saturated carbocycles. The largest absolute Gasteiger partial charge is 0.352 e. The highest BCUT2D eigenvalue weighted by Gasteiger charge is 2.34. The second kappa shape index (κ2) is 13.7. The fourth-order valence-corrected chi connectivity index (χ4v) is 6.01. The van der Waals surface area contributed by atoms with Gasteiger partial charge in [-0.1, -0.05) is 77.6 Å². The molecule has 0 aromatic heterocycles. The number of rotatable bonds is 11. The molecule has 0 spiro atoms. The van der Waals surface area contributed by atoms with Crippen molar-refractivity contribution in [3.63, 3.8) is 0 Å². The van der Waals surface area contributed by atoms with E-state index < -0.39 is 28.5 Å². The third-order valence-corrected chi connectivity index (χ3v) is 9.09. The molecule has 0 aliphatic rings. The maximum Gasteiger partial charge on any atom is 0.264 e. The zero-order valence-corrected chi connectivity index (χ0v) is 25.8. The van der Waals surface area contributed by atoms with Gasteiger partial charge in [0.05, 0.1) is 20.6 Å². The summed E-state index contributed by atoms with van der Waals surface area (Å²) in [7, 11) is -4.22. The summed E-state index contributed by atoms with van der Waals surface area (Å²) in [6.07, 6.45) is 0.298. The van der Waals surface area contributed by atoms with Crippen LogP contribution in [0.15, 0.2) is 71.6 Å². The van der Waals surface area contributed by atoms with Crippen LogP contribution in [-0.4, -0.2) is 43.8 Å². The summed E-state index contributed by atoms with van der Waals surface area (Å²) < 4.78 is 28.8.